The lowest BCUT2D eigenvalue weighted by Gasteiger charge is -2.35. The summed E-state index contributed by atoms with van der Waals surface area (Å²) in [5, 5.41) is 11.7. The number of urea groups is 1. The quantitative estimate of drug-likeness (QED) is 0.767. The highest BCUT2D eigenvalue weighted by molar-refractivity contribution is 5.76. The Bertz CT molecular complexity index is 309. The van der Waals surface area contributed by atoms with Gasteiger partial charge < -0.3 is 20.1 Å². The molecule has 2 atom stereocenters. The Hall–Kier alpha value is -1.30. The minimum atomic E-state index is -0.854. The molecule has 0 aromatic rings. The number of nitrogens with one attached hydrogen (secondary N) is 1. The van der Waals surface area contributed by atoms with Crippen molar-refractivity contribution in [2.45, 2.75) is 51.7 Å². The summed E-state index contributed by atoms with van der Waals surface area (Å²) in [6.45, 7) is 5.50. The fourth-order valence-electron chi connectivity index (χ4n) is 2.36. The number of carboxylic acids is 1. The Morgan fingerprint density at radius 2 is 2.21 bits per heavy atom. The van der Waals surface area contributed by atoms with Crippen molar-refractivity contribution < 1.29 is 19.4 Å². The van der Waals surface area contributed by atoms with E-state index in [1.807, 2.05) is 13.8 Å². The first kappa shape index (κ1) is 15.8. The van der Waals surface area contributed by atoms with Gasteiger partial charge in [-0.15, -0.1) is 0 Å². The number of amides is 2. The molecule has 0 aliphatic carbocycles. The van der Waals surface area contributed by atoms with Crippen molar-refractivity contribution in [3.8, 4) is 0 Å². The lowest BCUT2D eigenvalue weighted by Crippen LogP contribution is -2.50. The van der Waals surface area contributed by atoms with E-state index in [4.69, 9.17) is 9.84 Å². The maximum absolute atomic E-state index is 12.1. The highest BCUT2D eigenvalue weighted by atomic mass is 16.5. The zero-order valence-electron chi connectivity index (χ0n) is 11.7. The van der Waals surface area contributed by atoms with Crippen LogP contribution in [0, 0.1) is 0 Å². The average molecular weight is 272 g/mol. The summed E-state index contributed by atoms with van der Waals surface area (Å²) in [6.07, 6.45) is 2.67. The van der Waals surface area contributed by atoms with Crippen molar-refractivity contribution in [1.82, 2.24) is 10.2 Å². The molecule has 0 spiro atoms. The second kappa shape index (κ2) is 7.99. The van der Waals surface area contributed by atoms with Crippen molar-refractivity contribution in [2.24, 2.45) is 0 Å². The maximum atomic E-state index is 12.1. The smallest absolute Gasteiger partial charge is 0.317 e. The number of ether oxygens (including phenoxy) is 1. The van der Waals surface area contributed by atoms with Gasteiger partial charge in [-0.05, 0) is 33.1 Å². The van der Waals surface area contributed by atoms with E-state index in [1.165, 1.54) is 0 Å². The predicted molar refractivity (Wildman–Crippen MR) is 71.1 cm³/mol. The Kier molecular flexibility index (Phi) is 6.62. The third-order valence-corrected chi connectivity index (χ3v) is 3.29. The van der Waals surface area contributed by atoms with Crippen LogP contribution in [-0.4, -0.2) is 53.8 Å². The molecule has 2 N–H and O–H groups in total. The maximum Gasteiger partial charge on any atom is 0.317 e. The number of aliphatic carboxylic acids is 1. The SMILES string of the molecule is CCOC(C)CNC(=O)N1CCCCC1CC(=O)O. The van der Waals surface area contributed by atoms with Crippen LogP contribution in [0.4, 0.5) is 4.79 Å². The molecule has 0 radical (unpaired) electrons. The van der Waals surface area contributed by atoms with Crippen LogP contribution in [-0.2, 0) is 9.53 Å². The van der Waals surface area contributed by atoms with Crippen molar-refractivity contribution in [3.05, 3.63) is 0 Å². The molecule has 2 amide bonds. The largest absolute Gasteiger partial charge is 0.481 e. The van der Waals surface area contributed by atoms with E-state index in [0.717, 1.165) is 19.3 Å². The number of carbonyl (C=O) groups is 2. The molecule has 110 valence electrons. The Morgan fingerprint density at radius 1 is 1.47 bits per heavy atom. The van der Waals surface area contributed by atoms with Crippen molar-refractivity contribution in [2.75, 3.05) is 19.7 Å². The van der Waals surface area contributed by atoms with Gasteiger partial charge in [0.05, 0.1) is 12.5 Å². The molecule has 0 bridgehead atoms. The van der Waals surface area contributed by atoms with Gasteiger partial charge in [-0.2, -0.15) is 0 Å². The first-order valence-corrected chi connectivity index (χ1v) is 6.92. The molecule has 1 saturated heterocycles. The summed E-state index contributed by atoms with van der Waals surface area (Å²) >= 11 is 0. The molecule has 1 fully saturated rings. The minimum Gasteiger partial charge on any atom is -0.481 e. The summed E-state index contributed by atoms with van der Waals surface area (Å²) in [5.74, 6) is -0.854. The van der Waals surface area contributed by atoms with Gasteiger partial charge in [-0.1, -0.05) is 0 Å². The molecule has 1 heterocycles. The van der Waals surface area contributed by atoms with E-state index in [1.54, 1.807) is 4.90 Å². The number of carbonyl (C=O) groups excluding carboxylic acids is 1. The van der Waals surface area contributed by atoms with E-state index in [9.17, 15) is 9.59 Å². The Labute approximate surface area is 114 Å². The summed E-state index contributed by atoms with van der Waals surface area (Å²) in [7, 11) is 0. The van der Waals surface area contributed by atoms with Gasteiger partial charge in [0, 0.05) is 25.7 Å². The number of nitrogens with zero attached hydrogens (tertiary/aromatic N) is 1. The van der Waals surface area contributed by atoms with Gasteiger partial charge in [0.15, 0.2) is 0 Å². The molecule has 2 unspecified atom stereocenters. The van der Waals surface area contributed by atoms with Crippen LogP contribution in [0.25, 0.3) is 0 Å². The lowest BCUT2D eigenvalue weighted by molar-refractivity contribution is -0.138. The number of hydrogen-bond donors (Lipinski definition) is 2. The van der Waals surface area contributed by atoms with E-state index < -0.39 is 5.97 Å². The number of likely N-dealkylation sites (tertiary alicyclic amines) is 1. The Balaban J connectivity index is 2.45. The van der Waals surface area contributed by atoms with E-state index in [-0.39, 0.29) is 24.6 Å². The molecule has 0 aromatic carbocycles. The summed E-state index contributed by atoms with van der Waals surface area (Å²) in [5.41, 5.74) is 0. The molecule has 1 aliphatic heterocycles. The van der Waals surface area contributed by atoms with E-state index in [2.05, 4.69) is 5.32 Å². The van der Waals surface area contributed by atoms with Gasteiger partial charge in [-0.25, -0.2) is 4.79 Å². The molecule has 1 aliphatic rings. The highest BCUT2D eigenvalue weighted by Gasteiger charge is 2.28. The van der Waals surface area contributed by atoms with Crippen LogP contribution in [0.1, 0.15) is 39.5 Å². The number of carboxylic acid groups (broad SMARTS) is 1. The van der Waals surface area contributed by atoms with Crippen LogP contribution in [0.5, 0.6) is 0 Å². The second-order valence-corrected chi connectivity index (χ2v) is 4.89. The molecule has 1 rings (SSSR count). The molecule has 6 heteroatoms. The van der Waals surface area contributed by atoms with E-state index in [0.29, 0.717) is 19.7 Å². The fraction of sp³-hybridized carbons (Fsp3) is 0.846. The van der Waals surface area contributed by atoms with E-state index >= 15 is 0 Å². The lowest BCUT2D eigenvalue weighted by atomic mass is 10.00. The van der Waals surface area contributed by atoms with Crippen LogP contribution in [0.15, 0.2) is 0 Å². The average Bonchev–Trinajstić information content (AvgIpc) is 2.36. The third-order valence-electron chi connectivity index (χ3n) is 3.29. The van der Waals surface area contributed by atoms with Crippen LogP contribution in [0.2, 0.25) is 0 Å². The molecule has 0 aromatic heterocycles. The predicted octanol–water partition coefficient (Wildman–Crippen LogP) is 1.45. The number of hydrogen-bond acceptors (Lipinski definition) is 3. The number of rotatable bonds is 6. The standard InChI is InChI=1S/C13H24N2O4/c1-3-19-10(2)9-14-13(18)15-7-5-4-6-11(15)8-12(16)17/h10-11H,3-9H2,1-2H3,(H,14,18)(H,16,17). The number of piperidine rings is 1. The van der Waals surface area contributed by atoms with Crippen molar-refractivity contribution in [1.29, 1.82) is 0 Å². The first-order valence-electron chi connectivity index (χ1n) is 6.92. The summed E-state index contributed by atoms with van der Waals surface area (Å²) in [4.78, 5) is 24.5. The monoisotopic (exact) mass is 272 g/mol. The second-order valence-electron chi connectivity index (χ2n) is 4.89. The first-order chi connectivity index (χ1) is 9.04. The van der Waals surface area contributed by atoms with Crippen molar-refractivity contribution >= 4 is 12.0 Å². The normalized spacial score (nSPS) is 20.9. The van der Waals surface area contributed by atoms with Gasteiger partial charge in [-0.3, -0.25) is 4.79 Å². The van der Waals surface area contributed by atoms with Crippen LogP contribution in [0.3, 0.4) is 0 Å². The molecule has 19 heavy (non-hydrogen) atoms. The third kappa shape index (κ3) is 5.46. The highest BCUT2D eigenvalue weighted by Crippen LogP contribution is 2.19. The van der Waals surface area contributed by atoms with Gasteiger partial charge in [0.1, 0.15) is 0 Å². The Morgan fingerprint density at radius 3 is 2.84 bits per heavy atom. The van der Waals surface area contributed by atoms with Crippen molar-refractivity contribution in [3.63, 3.8) is 0 Å². The van der Waals surface area contributed by atoms with Crippen LogP contribution >= 0.6 is 0 Å². The zero-order valence-corrected chi connectivity index (χ0v) is 11.7. The summed E-state index contributed by atoms with van der Waals surface area (Å²) < 4.78 is 5.34. The molecular weight excluding hydrogens is 248 g/mol. The van der Waals surface area contributed by atoms with Crippen LogP contribution < -0.4 is 5.32 Å². The minimum absolute atomic E-state index is 0.0223. The van der Waals surface area contributed by atoms with Gasteiger partial charge in [0.25, 0.3) is 0 Å². The van der Waals surface area contributed by atoms with Gasteiger partial charge in [0.2, 0.25) is 0 Å². The van der Waals surface area contributed by atoms with Gasteiger partial charge >= 0.3 is 12.0 Å². The molecular formula is C13H24N2O4. The fourth-order valence-corrected chi connectivity index (χ4v) is 2.36. The molecule has 6 nitrogen and oxygen atoms in total. The molecule has 0 saturated carbocycles. The topological polar surface area (TPSA) is 78.9 Å². The zero-order chi connectivity index (χ0) is 14.3. The summed E-state index contributed by atoms with van der Waals surface area (Å²) in [6, 6.07) is -0.369.